The second kappa shape index (κ2) is 4.98. The molecular formula is C11H11N5OS. The molecule has 0 saturated heterocycles. The lowest BCUT2D eigenvalue weighted by Crippen LogP contribution is -2.16. The van der Waals surface area contributed by atoms with E-state index >= 15 is 0 Å². The Morgan fingerprint density at radius 3 is 3.06 bits per heavy atom. The van der Waals surface area contributed by atoms with E-state index in [1.807, 2.05) is 13.0 Å². The third kappa shape index (κ3) is 2.10. The Morgan fingerprint density at radius 2 is 2.39 bits per heavy atom. The molecule has 1 aromatic heterocycles. The van der Waals surface area contributed by atoms with Crippen LogP contribution >= 0.6 is 11.8 Å². The minimum Gasteiger partial charge on any atom is -0.397 e. The number of hydrogen-bond donors (Lipinski definition) is 2. The highest BCUT2D eigenvalue weighted by Gasteiger charge is 2.11. The second-order valence-corrected chi connectivity index (χ2v) is 4.50. The third-order valence-electron chi connectivity index (χ3n) is 2.43. The van der Waals surface area contributed by atoms with Gasteiger partial charge in [0.15, 0.2) is 5.16 Å². The summed E-state index contributed by atoms with van der Waals surface area (Å²) < 4.78 is 1.50. The number of aromatic nitrogens is 3. The fourth-order valence-electron chi connectivity index (χ4n) is 1.49. The average molecular weight is 261 g/mol. The molecule has 0 aliphatic rings. The number of benzene rings is 1. The predicted octanol–water partition coefficient (Wildman–Crippen LogP) is 1.20. The minimum absolute atomic E-state index is 0.255. The van der Waals surface area contributed by atoms with Gasteiger partial charge in [0.2, 0.25) is 0 Å². The highest BCUT2D eigenvalue weighted by Crippen LogP contribution is 2.31. The van der Waals surface area contributed by atoms with Crippen molar-refractivity contribution in [2.75, 3.05) is 5.73 Å². The van der Waals surface area contributed by atoms with Gasteiger partial charge in [-0.05, 0) is 30.8 Å². The Morgan fingerprint density at radius 1 is 1.61 bits per heavy atom. The van der Waals surface area contributed by atoms with Crippen molar-refractivity contribution < 1.29 is 0 Å². The molecule has 7 heteroatoms. The van der Waals surface area contributed by atoms with Crippen molar-refractivity contribution in [2.45, 2.75) is 23.5 Å². The Kier molecular flexibility index (Phi) is 3.39. The minimum atomic E-state index is -0.255. The summed E-state index contributed by atoms with van der Waals surface area (Å²) in [6.07, 6.45) is 0. The quantitative estimate of drug-likeness (QED) is 0.808. The van der Waals surface area contributed by atoms with Crippen molar-refractivity contribution in [1.29, 1.82) is 5.26 Å². The number of aromatic amines is 1. The lowest BCUT2D eigenvalue weighted by Gasteiger charge is -2.06. The van der Waals surface area contributed by atoms with E-state index in [9.17, 15) is 4.79 Å². The molecule has 0 bridgehead atoms. The van der Waals surface area contributed by atoms with Gasteiger partial charge in [0.05, 0.1) is 11.3 Å². The highest BCUT2D eigenvalue weighted by atomic mass is 32.2. The van der Waals surface area contributed by atoms with Gasteiger partial charge in [-0.3, -0.25) is 4.57 Å². The van der Waals surface area contributed by atoms with E-state index < -0.39 is 0 Å². The summed E-state index contributed by atoms with van der Waals surface area (Å²) in [5, 5.41) is 15.7. The number of nitrogens with one attached hydrogen (secondary N) is 1. The number of nitriles is 1. The highest BCUT2D eigenvalue weighted by molar-refractivity contribution is 7.99. The average Bonchev–Trinajstić information content (AvgIpc) is 2.72. The number of anilines is 1. The fourth-order valence-corrected chi connectivity index (χ4v) is 2.47. The standard InChI is InChI=1S/C11H11N5OS/c1-2-16-10(17)14-15-11(16)18-8-5-3-4-7(6-12)9(8)13/h3-5H,2,13H2,1H3,(H,14,17). The molecule has 0 saturated carbocycles. The van der Waals surface area contributed by atoms with Gasteiger partial charge in [0.1, 0.15) is 6.07 Å². The molecule has 0 spiro atoms. The molecule has 6 nitrogen and oxygen atoms in total. The van der Waals surface area contributed by atoms with Crippen molar-refractivity contribution in [3.63, 3.8) is 0 Å². The van der Waals surface area contributed by atoms with Gasteiger partial charge in [0.25, 0.3) is 0 Å². The Bertz CT molecular complexity index is 667. The van der Waals surface area contributed by atoms with Gasteiger partial charge in [-0.2, -0.15) is 5.26 Å². The van der Waals surface area contributed by atoms with E-state index in [0.29, 0.717) is 27.8 Å². The normalized spacial score (nSPS) is 10.2. The maximum atomic E-state index is 11.4. The first kappa shape index (κ1) is 12.3. The van der Waals surface area contributed by atoms with Crippen LogP contribution in [0.25, 0.3) is 0 Å². The summed E-state index contributed by atoms with van der Waals surface area (Å²) >= 11 is 1.26. The van der Waals surface area contributed by atoms with E-state index in [-0.39, 0.29) is 5.69 Å². The molecule has 0 fully saturated rings. The van der Waals surface area contributed by atoms with Crippen LogP contribution in [-0.4, -0.2) is 14.8 Å². The van der Waals surface area contributed by atoms with Crippen molar-refractivity contribution in [1.82, 2.24) is 14.8 Å². The first-order valence-corrected chi connectivity index (χ1v) is 6.10. The lowest BCUT2D eigenvalue weighted by molar-refractivity contribution is 0.660. The molecule has 0 unspecified atom stereocenters. The van der Waals surface area contributed by atoms with E-state index in [1.54, 1.807) is 18.2 Å². The maximum absolute atomic E-state index is 11.4. The largest absolute Gasteiger partial charge is 0.397 e. The van der Waals surface area contributed by atoms with Gasteiger partial charge < -0.3 is 5.73 Å². The van der Waals surface area contributed by atoms with Crippen LogP contribution in [0, 0.1) is 11.3 Å². The van der Waals surface area contributed by atoms with Gasteiger partial charge in [-0.1, -0.05) is 6.07 Å². The van der Waals surface area contributed by atoms with Gasteiger partial charge in [0, 0.05) is 11.4 Å². The molecule has 1 aromatic carbocycles. The van der Waals surface area contributed by atoms with Crippen LogP contribution in [0.2, 0.25) is 0 Å². The molecule has 0 aliphatic heterocycles. The number of nitrogens with two attached hydrogens (primary N) is 1. The van der Waals surface area contributed by atoms with Gasteiger partial charge >= 0.3 is 5.69 Å². The smallest absolute Gasteiger partial charge is 0.343 e. The number of H-pyrrole nitrogens is 1. The van der Waals surface area contributed by atoms with Crippen LogP contribution < -0.4 is 11.4 Å². The van der Waals surface area contributed by atoms with Crippen LogP contribution in [0.5, 0.6) is 0 Å². The SMILES string of the molecule is CCn1c(Sc2cccc(C#N)c2N)n[nH]c1=O. The fraction of sp³-hybridized carbons (Fsp3) is 0.182. The Balaban J connectivity index is 2.41. The molecule has 2 rings (SSSR count). The molecule has 0 atom stereocenters. The number of nitrogen functional groups attached to an aromatic ring is 1. The second-order valence-electron chi connectivity index (χ2n) is 3.49. The van der Waals surface area contributed by atoms with Crippen molar-refractivity contribution >= 4 is 17.4 Å². The molecular weight excluding hydrogens is 250 g/mol. The summed E-state index contributed by atoms with van der Waals surface area (Å²) in [5.41, 5.74) is 6.44. The van der Waals surface area contributed by atoms with Crippen LogP contribution in [0.1, 0.15) is 12.5 Å². The molecule has 0 aliphatic carbocycles. The van der Waals surface area contributed by atoms with E-state index in [1.165, 1.54) is 16.3 Å². The number of nitrogens with zero attached hydrogens (tertiary/aromatic N) is 3. The first-order chi connectivity index (χ1) is 8.67. The van der Waals surface area contributed by atoms with Crippen LogP contribution in [0.15, 0.2) is 33.0 Å². The zero-order valence-electron chi connectivity index (χ0n) is 9.67. The zero-order chi connectivity index (χ0) is 13.1. The molecule has 1 heterocycles. The molecule has 0 amide bonds. The van der Waals surface area contributed by atoms with Crippen LogP contribution in [0.3, 0.4) is 0 Å². The molecule has 2 aromatic rings. The van der Waals surface area contributed by atoms with Gasteiger partial charge in [-0.25, -0.2) is 9.89 Å². The number of hydrogen-bond acceptors (Lipinski definition) is 5. The Hall–Kier alpha value is -2.20. The van der Waals surface area contributed by atoms with Crippen molar-refractivity contribution in [2.24, 2.45) is 0 Å². The number of para-hydroxylation sites is 1. The monoisotopic (exact) mass is 261 g/mol. The summed E-state index contributed by atoms with van der Waals surface area (Å²) in [6.45, 7) is 2.38. The van der Waals surface area contributed by atoms with E-state index in [0.717, 1.165) is 0 Å². The summed E-state index contributed by atoms with van der Waals surface area (Å²) in [5.74, 6) is 0. The van der Waals surface area contributed by atoms with Crippen LogP contribution in [0.4, 0.5) is 5.69 Å². The number of rotatable bonds is 3. The third-order valence-corrected chi connectivity index (χ3v) is 3.50. The topological polar surface area (TPSA) is 100 Å². The molecule has 18 heavy (non-hydrogen) atoms. The summed E-state index contributed by atoms with van der Waals surface area (Å²) in [7, 11) is 0. The molecule has 92 valence electrons. The van der Waals surface area contributed by atoms with E-state index in [2.05, 4.69) is 10.2 Å². The summed E-state index contributed by atoms with van der Waals surface area (Å²) in [4.78, 5) is 12.1. The predicted molar refractivity (Wildman–Crippen MR) is 68.2 cm³/mol. The summed E-state index contributed by atoms with van der Waals surface area (Å²) in [6, 6.07) is 7.21. The van der Waals surface area contributed by atoms with E-state index in [4.69, 9.17) is 11.0 Å². The zero-order valence-corrected chi connectivity index (χ0v) is 10.5. The van der Waals surface area contributed by atoms with Crippen molar-refractivity contribution in [3.8, 4) is 6.07 Å². The van der Waals surface area contributed by atoms with Crippen LogP contribution in [-0.2, 0) is 6.54 Å². The lowest BCUT2D eigenvalue weighted by atomic mass is 10.2. The molecule has 0 radical (unpaired) electrons. The Labute approximate surface area is 107 Å². The maximum Gasteiger partial charge on any atom is 0.343 e. The molecule has 3 N–H and O–H groups in total. The van der Waals surface area contributed by atoms with Crippen molar-refractivity contribution in [3.05, 3.63) is 34.2 Å². The first-order valence-electron chi connectivity index (χ1n) is 5.29. The van der Waals surface area contributed by atoms with Gasteiger partial charge in [-0.15, -0.1) is 5.10 Å².